The zero-order valence-corrected chi connectivity index (χ0v) is 12.9. The molecule has 1 atom stereocenters. The Kier molecular flexibility index (Phi) is 4.52. The molecule has 0 saturated carbocycles. The molecule has 1 aromatic heterocycles. The lowest BCUT2D eigenvalue weighted by Crippen LogP contribution is -1.99. The van der Waals surface area contributed by atoms with Crippen molar-refractivity contribution in [3.05, 3.63) is 57.5 Å². The van der Waals surface area contributed by atoms with Gasteiger partial charge in [0, 0.05) is 0 Å². The van der Waals surface area contributed by atoms with Crippen molar-refractivity contribution in [1.82, 2.24) is 0 Å². The van der Waals surface area contributed by atoms with Crippen LogP contribution >= 0.6 is 27.5 Å². The van der Waals surface area contributed by atoms with Crippen LogP contribution in [0.25, 0.3) is 0 Å². The lowest BCUT2D eigenvalue weighted by molar-refractivity contribution is 0.493. The molecule has 0 amide bonds. The summed E-state index contributed by atoms with van der Waals surface area (Å²) in [5.41, 5.74) is 3.73. The van der Waals surface area contributed by atoms with Gasteiger partial charge in [-0.3, -0.25) is 0 Å². The third-order valence-corrected chi connectivity index (χ3v) is 3.99. The highest BCUT2D eigenvalue weighted by molar-refractivity contribution is 9.10. The molecular weight excluding hydrogens is 312 g/mol. The number of halogens is 2. The zero-order chi connectivity index (χ0) is 13.1. The normalized spacial score (nSPS) is 12.7. The lowest BCUT2D eigenvalue weighted by atomic mass is 9.97. The molecule has 0 spiro atoms. The summed E-state index contributed by atoms with van der Waals surface area (Å²) in [4.78, 5) is 0. The number of aryl methyl sites for hydroxylation is 2. The van der Waals surface area contributed by atoms with Gasteiger partial charge < -0.3 is 4.42 Å². The second-order valence-electron chi connectivity index (χ2n) is 4.24. The summed E-state index contributed by atoms with van der Waals surface area (Å²) in [6.45, 7) is 4.30. The minimum atomic E-state index is -0.224. The van der Waals surface area contributed by atoms with Gasteiger partial charge in [-0.1, -0.05) is 32.0 Å². The van der Waals surface area contributed by atoms with Crippen molar-refractivity contribution in [2.24, 2.45) is 0 Å². The molecule has 0 saturated heterocycles. The molecule has 96 valence electrons. The van der Waals surface area contributed by atoms with E-state index in [1.54, 1.807) is 0 Å². The number of furan rings is 1. The third kappa shape index (κ3) is 2.81. The van der Waals surface area contributed by atoms with Crippen molar-refractivity contribution in [2.45, 2.75) is 32.1 Å². The lowest BCUT2D eigenvalue weighted by Gasteiger charge is -2.13. The van der Waals surface area contributed by atoms with Crippen molar-refractivity contribution in [3.8, 4) is 0 Å². The maximum atomic E-state index is 6.54. The Balaban J connectivity index is 2.41. The Morgan fingerprint density at radius 3 is 2.50 bits per heavy atom. The van der Waals surface area contributed by atoms with Crippen LogP contribution < -0.4 is 0 Å². The molecule has 2 aromatic rings. The molecule has 18 heavy (non-hydrogen) atoms. The van der Waals surface area contributed by atoms with Gasteiger partial charge >= 0.3 is 0 Å². The van der Waals surface area contributed by atoms with Crippen LogP contribution in [0.4, 0.5) is 0 Å². The molecule has 0 radical (unpaired) electrons. The van der Waals surface area contributed by atoms with Crippen LogP contribution in [-0.4, -0.2) is 0 Å². The van der Waals surface area contributed by atoms with E-state index < -0.39 is 0 Å². The topological polar surface area (TPSA) is 13.1 Å². The highest BCUT2D eigenvalue weighted by atomic mass is 79.9. The van der Waals surface area contributed by atoms with Crippen molar-refractivity contribution in [1.29, 1.82) is 0 Å². The fraction of sp³-hybridized carbons (Fsp3) is 0.333. The maximum Gasteiger partial charge on any atom is 0.169 e. The van der Waals surface area contributed by atoms with Gasteiger partial charge in [-0.2, -0.15) is 0 Å². The third-order valence-electron chi connectivity index (χ3n) is 3.12. The second kappa shape index (κ2) is 5.94. The van der Waals surface area contributed by atoms with E-state index in [1.807, 2.05) is 12.1 Å². The van der Waals surface area contributed by atoms with E-state index >= 15 is 0 Å². The fourth-order valence-corrected chi connectivity index (χ4v) is 2.68. The SMILES string of the molecule is CCc1ccc(CC)c(C(Cl)c2ccc(Br)o2)c1. The van der Waals surface area contributed by atoms with Gasteiger partial charge in [-0.25, -0.2) is 0 Å². The molecule has 1 aromatic carbocycles. The molecule has 0 aliphatic carbocycles. The van der Waals surface area contributed by atoms with Gasteiger partial charge in [0.2, 0.25) is 0 Å². The molecule has 0 aliphatic rings. The first kappa shape index (κ1) is 13.7. The number of hydrogen-bond donors (Lipinski definition) is 0. The van der Waals surface area contributed by atoms with Crippen LogP contribution in [0.15, 0.2) is 39.4 Å². The minimum Gasteiger partial charge on any atom is -0.452 e. The molecule has 0 aliphatic heterocycles. The van der Waals surface area contributed by atoms with Crippen molar-refractivity contribution in [3.63, 3.8) is 0 Å². The highest BCUT2D eigenvalue weighted by Gasteiger charge is 2.18. The van der Waals surface area contributed by atoms with E-state index in [2.05, 4.69) is 48.0 Å². The van der Waals surface area contributed by atoms with E-state index in [-0.39, 0.29) is 5.38 Å². The van der Waals surface area contributed by atoms with Gasteiger partial charge in [0.25, 0.3) is 0 Å². The van der Waals surface area contributed by atoms with Crippen molar-refractivity contribution >= 4 is 27.5 Å². The summed E-state index contributed by atoms with van der Waals surface area (Å²) in [5.74, 6) is 0.784. The monoisotopic (exact) mass is 326 g/mol. The largest absolute Gasteiger partial charge is 0.452 e. The predicted molar refractivity (Wildman–Crippen MR) is 79.3 cm³/mol. The molecular formula is C15H16BrClO. The van der Waals surface area contributed by atoms with Crippen LogP contribution in [-0.2, 0) is 12.8 Å². The fourth-order valence-electron chi connectivity index (χ4n) is 2.04. The zero-order valence-electron chi connectivity index (χ0n) is 10.5. The Labute approximate surface area is 121 Å². The molecule has 0 N–H and O–H groups in total. The Morgan fingerprint density at radius 2 is 1.94 bits per heavy atom. The van der Waals surface area contributed by atoms with Crippen molar-refractivity contribution in [2.75, 3.05) is 0 Å². The van der Waals surface area contributed by atoms with E-state index in [0.717, 1.165) is 24.2 Å². The quantitative estimate of drug-likeness (QED) is 0.676. The van der Waals surface area contributed by atoms with Crippen LogP contribution in [0.1, 0.15) is 41.7 Å². The van der Waals surface area contributed by atoms with Crippen LogP contribution in [0.3, 0.4) is 0 Å². The molecule has 1 nitrogen and oxygen atoms in total. The van der Waals surface area contributed by atoms with Crippen LogP contribution in [0.5, 0.6) is 0 Å². The smallest absolute Gasteiger partial charge is 0.169 e. The first-order chi connectivity index (χ1) is 8.65. The molecule has 3 heteroatoms. The van der Waals surface area contributed by atoms with Crippen LogP contribution in [0.2, 0.25) is 0 Å². The Hall–Kier alpha value is -0.730. The maximum absolute atomic E-state index is 6.54. The van der Waals surface area contributed by atoms with E-state index in [1.165, 1.54) is 11.1 Å². The predicted octanol–water partition coefficient (Wildman–Crippen LogP) is 5.50. The average Bonchev–Trinajstić information content (AvgIpc) is 2.83. The summed E-state index contributed by atoms with van der Waals surface area (Å²) >= 11 is 9.85. The second-order valence-corrected chi connectivity index (χ2v) is 5.46. The van der Waals surface area contributed by atoms with E-state index in [9.17, 15) is 0 Å². The summed E-state index contributed by atoms with van der Waals surface area (Å²) in [7, 11) is 0. The number of rotatable bonds is 4. The summed E-state index contributed by atoms with van der Waals surface area (Å²) < 4.78 is 6.27. The summed E-state index contributed by atoms with van der Waals surface area (Å²) in [6.07, 6.45) is 1.99. The molecule has 0 bridgehead atoms. The Morgan fingerprint density at radius 1 is 1.17 bits per heavy atom. The van der Waals surface area contributed by atoms with Gasteiger partial charge in [0.05, 0.1) is 0 Å². The average molecular weight is 328 g/mol. The summed E-state index contributed by atoms with van der Waals surface area (Å²) in [5, 5.41) is -0.224. The first-order valence-corrected chi connectivity index (χ1v) is 7.39. The van der Waals surface area contributed by atoms with Gasteiger partial charge in [0.1, 0.15) is 11.1 Å². The van der Waals surface area contributed by atoms with Gasteiger partial charge in [-0.05, 0) is 57.6 Å². The molecule has 1 unspecified atom stereocenters. The Bertz CT molecular complexity index is 533. The van der Waals surface area contributed by atoms with E-state index in [4.69, 9.17) is 16.0 Å². The first-order valence-electron chi connectivity index (χ1n) is 6.16. The molecule has 1 heterocycles. The van der Waals surface area contributed by atoms with Gasteiger partial charge in [-0.15, -0.1) is 11.6 Å². The molecule has 0 fully saturated rings. The number of alkyl halides is 1. The number of benzene rings is 1. The van der Waals surface area contributed by atoms with Crippen molar-refractivity contribution < 1.29 is 4.42 Å². The highest BCUT2D eigenvalue weighted by Crippen LogP contribution is 2.34. The summed E-state index contributed by atoms with van der Waals surface area (Å²) in [6, 6.07) is 10.3. The van der Waals surface area contributed by atoms with E-state index in [0.29, 0.717) is 4.67 Å². The van der Waals surface area contributed by atoms with Gasteiger partial charge in [0.15, 0.2) is 4.67 Å². The van der Waals surface area contributed by atoms with Crippen LogP contribution in [0, 0.1) is 0 Å². The number of hydrogen-bond acceptors (Lipinski definition) is 1. The minimum absolute atomic E-state index is 0.224. The standard InChI is InChI=1S/C15H16BrClO/c1-3-10-5-6-11(4-2)12(9-10)15(17)13-7-8-14(16)18-13/h5-9,15H,3-4H2,1-2H3. The molecule has 2 rings (SSSR count).